The third-order valence-electron chi connectivity index (χ3n) is 4.60. The van der Waals surface area contributed by atoms with Crippen LogP contribution in [0.2, 0.25) is 0 Å². The molecular weight excluding hydrogens is 258 g/mol. The van der Waals surface area contributed by atoms with Gasteiger partial charge in [-0.15, -0.1) is 0 Å². The second-order valence-electron chi connectivity index (χ2n) is 6.30. The molecule has 0 aromatic carbocycles. The number of nitrogens with zero attached hydrogens (tertiary/aromatic N) is 1. The van der Waals surface area contributed by atoms with Crippen LogP contribution in [-0.2, 0) is 14.3 Å². The normalized spacial score (nSPS) is 38.0. The third kappa shape index (κ3) is 3.14. The van der Waals surface area contributed by atoms with Crippen LogP contribution in [0.15, 0.2) is 0 Å². The SMILES string of the molecule is CCC1C[C@H](C(=O)N2CC(C)OC(C)C2)[C@H](C(=O)O)C1. The van der Waals surface area contributed by atoms with Crippen molar-refractivity contribution in [3.63, 3.8) is 0 Å². The number of ether oxygens (including phenoxy) is 1. The van der Waals surface area contributed by atoms with Crippen LogP contribution in [0.5, 0.6) is 0 Å². The van der Waals surface area contributed by atoms with Gasteiger partial charge in [-0.3, -0.25) is 9.59 Å². The van der Waals surface area contributed by atoms with Crippen molar-refractivity contribution in [2.75, 3.05) is 13.1 Å². The molecule has 2 aliphatic rings. The standard InChI is InChI=1S/C15H25NO4/c1-4-11-5-12(13(6-11)15(18)19)14(17)16-7-9(2)20-10(3)8-16/h9-13H,4-8H2,1-3H3,(H,18,19)/t9?,10?,11?,12-,13+/m0/s1. The van der Waals surface area contributed by atoms with E-state index in [9.17, 15) is 14.7 Å². The smallest absolute Gasteiger partial charge is 0.307 e. The molecule has 2 rings (SSSR count). The molecule has 1 saturated heterocycles. The van der Waals surface area contributed by atoms with Gasteiger partial charge in [-0.05, 0) is 32.6 Å². The first kappa shape index (κ1) is 15.3. The van der Waals surface area contributed by atoms with E-state index in [-0.39, 0.29) is 24.0 Å². The Hall–Kier alpha value is -1.10. The summed E-state index contributed by atoms with van der Waals surface area (Å²) in [6.07, 6.45) is 2.34. The highest BCUT2D eigenvalue weighted by Gasteiger charge is 2.44. The fourth-order valence-corrected chi connectivity index (χ4v) is 3.61. The van der Waals surface area contributed by atoms with Crippen molar-refractivity contribution in [2.24, 2.45) is 17.8 Å². The summed E-state index contributed by atoms with van der Waals surface area (Å²) in [6.45, 7) is 7.11. The molecule has 1 amide bonds. The molecule has 0 spiro atoms. The van der Waals surface area contributed by atoms with Crippen molar-refractivity contribution in [3.8, 4) is 0 Å². The van der Waals surface area contributed by atoms with Crippen molar-refractivity contribution >= 4 is 11.9 Å². The van der Waals surface area contributed by atoms with Gasteiger partial charge in [-0.1, -0.05) is 13.3 Å². The molecule has 5 nitrogen and oxygen atoms in total. The van der Waals surface area contributed by atoms with E-state index in [1.807, 2.05) is 13.8 Å². The van der Waals surface area contributed by atoms with E-state index in [4.69, 9.17) is 4.74 Å². The van der Waals surface area contributed by atoms with Crippen LogP contribution in [0.1, 0.15) is 40.0 Å². The van der Waals surface area contributed by atoms with E-state index in [0.717, 1.165) is 6.42 Å². The van der Waals surface area contributed by atoms with Gasteiger partial charge in [0, 0.05) is 13.1 Å². The maximum atomic E-state index is 12.7. The Morgan fingerprint density at radius 2 is 1.70 bits per heavy atom. The molecular formula is C15H25NO4. The summed E-state index contributed by atoms with van der Waals surface area (Å²) >= 11 is 0. The Morgan fingerprint density at radius 3 is 2.20 bits per heavy atom. The van der Waals surface area contributed by atoms with E-state index >= 15 is 0 Å². The molecule has 2 fully saturated rings. The van der Waals surface area contributed by atoms with Gasteiger partial charge < -0.3 is 14.7 Å². The number of hydrogen-bond acceptors (Lipinski definition) is 3. The van der Waals surface area contributed by atoms with Crippen LogP contribution < -0.4 is 0 Å². The number of carboxylic acids is 1. The Labute approximate surface area is 120 Å². The van der Waals surface area contributed by atoms with Crippen LogP contribution in [-0.4, -0.2) is 47.2 Å². The van der Waals surface area contributed by atoms with Gasteiger partial charge in [-0.2, -0.15) is 0 Å². The van der Waals surface area contributed by atoms with Crippen LogP contribution in [0.25, 0.3) is 0 Å². The fourth-order valence-electron chi connectivity index (χ4n) is 3.61. The molecule has 114 valence electrons. The molecule has 1 heterocycles. The largest absolute Gasteiger partial charge is 0.481 e. The van der Waals surface area contributed by atoms with Gasteiger partial charge in [0.05, 0.1) is 24.0 Å². The maximum Gasteiger partial charge on any atom is 0.307 e. The molecule has 1 aliphatic carbocycles. The highest BCUT2D eigenvalue weighted by Crippen LogP contribution is 2.39. The van der Waals surface area contributed by atoms with Gasteiger partial charge in [0.1, 0.15) is 0 Å². The van der Waals surface area contributed by atoms with Crippen LogP contribution >= 0.6 is 0 Å². The number of amides is 1. The summed E-state index contributed by atoms with van der Waals surface area (Å²) in [5.74, 6) is -1.32. The Kier molecular flexibility index (Phi) is 4.68. The average molecular weight is 283 g/mol. The van der Waals surface area contributed by atoms with Gasteiger partial charge in [-0.25, -0.2) is 0 Å². The van der Waals surface area contributed by atoms with Gasteiger partial charge in [0.2, 0.25) is 5.91 Å². The number of morpholine rings is 1. The topological polar surface area (TPSA) is 66.8 Å². The lowest BCUT2D eigenvalue weighted by Crippen LogP contribution is -2.50. The second-order valence-corrected chi connectivity index (χ2v) is 6.30. The minimum absolute atomic E-state index is 0.00958. The molecule has 5 heteroatoms. The predicted molar refractivity (Wildman–Crippen MR) is 74.2 cm³/mol. The predicted octanol–water partition coefficient (Wildman–Crippen LogP) is 1.76. The highest BCUT2D eigenvalue weighted by atomic mass is 16.5. The van der Waals surface area contributed by atoms with E-state index < -0.39 is 11.9 Å². The Morgan fingerprint density at radius 1 is 1.15 bits per heavy atom. The first-order valence-corrected chi connectivity index (χ1v) is 7.59. The van der Waals surface area contributed by atoms with Gasteiger partial charge in [0.25, 0.3) is 0 Å². The van der Waals surface area contributed by atoms with E-state index in [1.165, 1.54) is 0 Å². The van der Waals surface area contributed by atoms with Gasteiger partial charge >= 0.3 is 5.97 Å². The molecule has 1 aliphatic heterocycles. The molecule has 20 heavy (non-hydrogen) atoms. The van der Waals surface area contributed by atoms with E-state index in [0.29, 0.717) is 31.8 Å². The first-order chi connectivity index (χ1) is 9.42. The van der Waals surface area contributed by atoms with Crippen molar-refractivity contribution in [1.82, 2.24) is 4.90 Å². The number of hydrogen-bond donors (Lipinski definition) is 1. The molecule has 1 saturated carbocycles. The molecule has 0 bridgehead atoms. The number of carbonyl (C=O) groups excluding carboxylic acids is 1. The van der Waals surface area contributed by atoms with Gasteiger partial charge in [0.15, 0.2) is 0 Å². The van der Waals surface area contributed by atoms with Crippen LogP contribution in [0.3, 0.4) is 0 Å². The lowest BCUT2D eigenvalue weighted by molar-refractivity contribution is -0.154. The highest BCUT2D eigenvalue weighted by molar-refractivity contribution is 5.85. The summed E-state index contributed by atoms with van der Waals surface area (Å²) in [5, 5.41) is 9.35. The van der Waals surface area contributed by atoms with Crippen molar-refractivity contribution in [2.45, 2.75) is 52.2 Å². The summed E-state index contributed by atoms with van der Waals surface area (Å²) in [5.41, 5.74) is 0. The summed E-state index contributed by atoms with van der Waals surface area (Å²) in [4.78, 5) is 25.9. The Balaban J connectivity index is 2.08. The molecule has 0 radical (unpaired) electrons. The third-order valence-corrected chi connectivity index (χ3v) is 4.60. The zero-order valence-electron chi connectivity index (χ0n) is 12.5. The lowest BCUT2D eigenvalue weighted by atomic mass is 9.94. The minimum atomic E-state index is -0.825. The van der Waals surface area contributed by atoms with Crippen LogP contribution in [0.4, 0.5) is 0 Å². The first-order valence-electron chi connectivity index (χ1n) is 7.59. The summed E-state index contributed by atoms with van der Waals surface area (Å²) in [6, 6.07) is 0. The Bertz CT molecular complexity index is 374. The molecule has 0 aromatic heterocycles. The lowest BCUT2D eigenvalue weighted by Gasteiger charge is -2.37. The monoisotopic (exact) mass is 283 g/mol. The van der Waals surface area contributed by atoms with Crippen molar-refractivity contribution in [1.29, 1.82) is 0 Å². The number of carboxylic acid groups (broad SMARTS) is 1. The second kappa shape index (κ2) is 6.12. The molecule has 5 atom stereocenters. The number of rotatable bonds is 3. The number of aliphatic carboxylic acids is 1. The average Bonchev–Trinajstić information content (AvgIpc) is 2.81. The van der Waals surface area contributed by atoms with Crippen LogP contribution in [0, 0.1) is 17.8 Å². The molecule has 0 aromatic rings. The van der Waals surface area contributed by atoms with Crippen molar-refractivity contribution < 1.29 is 19.4 Å². The summed E-state index contributed by atoms with van der Waals surface area (Å²) in [7, 11) is 0. The number of carbonyl (C=O) groups is 2. The molecule has 1 N–H and O–H groups in total. The summed E-state index contributed by atoms with van der Waals surface area (Å²) < 4.78 is 5.64. The van der Waals surface area contributed by atoms with E-state index in [2.05, 4.69) is 6.92 Å². The van der Waals surface area contributed by atoms with Crippen molar-refractivity contribution in [3.05, 3.63) is 0 Å². The van der Waals surface area contributed by atoms with E-state index in [1.54, 1.807) is 4.90 Å². The quantitative estimate of drug-likeness (QED) is 0.857. The zero-order chi connectivity index (χ0) is 14.9. The molecule has 3 unspecified atom stereocenters. The zero-order valence-corrected chi connectivity index (χ0v) is 12.5. The fraction of sp³-hybridized carbons (Fsp3) is 0.867. The minimum Gasteiger partial charge on any atom is -0.481 e. The maximum absolute atomic E-state index is 12.7.